The maximum Gasteiger partial charge on any atom is 0.241 e. The lowest BCUT2D eigenvalue weighted by atomic mass is 9.75. The quantitative estimate of drug-likeness (QED) is 0.519. The fraction of sp³-hybridized carbons (Fsp3) is 0.444. The number of para-hydroxylation sites is 2. The van der Waals surface area contributed by atoms with Gasteiger partial charge in [-0.2, -0.15) is 0 Å². The van der Waals surface area contributed by atoms with Crippen LogP contribution in [0.25, 0.3) is 0 Å². The summed E-state index contributed by atoms with van der Waals surface area (Å²) in [7, 11) is 4.61. The van der Waals surface area contributed by atoms with E-state index in [0.717, 1.165) is 5.56 Å². The van der Waals surface area contributed by atoms with Crippen molar-refractivity contribution >= 4 is 17.7 Å². The molecule has 2 heterocycles. The summed E-state index contributed by atoms with van der Waals surface area (Å²) < 4.78 is 22.0. The number of benzene rings is 2. The molecule has 0 aliphatic carbocycles. The van der Waals surface area contributed by atoms with Crippen molar-refractivity contribution in [2.24, 2.45) is 0 Å². The Morgan fingerprint density at radius 1 is 1.03 bits per heavy atom. The summed E-state index contributed by atoms with van der Waals surface area (Å²) in [5.41, 5.74) is 0.00534. The molecule has 0 aromatic heterocycles. The highest BCUT2D eigenvalue weighted by Crippen LogP contribution is 2.44. The first-order valence-corrected chi connectivity index (χ1v) is 12.0. The summed E-state index contributed by atoms with van der Waals surface area (Å²) in [4.78, 5) is 43.6. The molecule has 1 fully saturated rings. The molecule has 9 heteroatoms. The van der Waals surface area contributed by atoms with Crippen LogP contribution in [0.3, 0.4) is 0 Å². The van der Waals surface area contributed by atoms with Crippen LogP contribution in [0.5, 0.6) is 17.2 Å². The van der Waals surface area contributed by atoms with Crippen molar-refractivity contribution in [3.05, 3.63) is 53.6 Å². The number of rotatable bonds is 8. The second kappa shape index (κ2) is 11.0. The van der Waals surface area contributed by atoms with Gasteiger partial charge in [0.2, 0.25) is 17.7 Å². The molecule has 0 N–H and O–H groups in total. The van der Waals surface area contributed by atoms with Gasteiger partial charge in [-0.25, -0.2) is 0 Å². The SMILES string of the molecule is COCCN1C(=O)CC(CC(=O)N2CCCOc3c(cccc3OC)C2)(c2ccccc2OC)C1=O. The van der Waals surface area contributed by atoms with Gasteiger partial charge in [-0.1, -0.05) is 30.3 Å². The third-order valence-corrected chi connectivity index (χ3v) is 6.82. The standard InChI is InChI=1S/C27H32N2O7/c1-33-15-13-29-24(31)17-27(26(29)32,20-9-4-5-10-21(20)34-2)16-23(30)28-12-7-14-36-25-19(18-28)8-6-11-22(25)35-3/h4-6,8-11H,7,12-18H2,1-3H3. The van der Waals surface area contributed by atoms with Crippen LogP contribution in [0.1, 0.15) is 30.4 Å². The molecule has 192 valence electrons. The van der Waals surface area contributed by atoms with E-state index in [0.29, 0.717) is 48.9 Å². The molecular formula is C27H32N2O7. The van der Waals surface area contributed by atoms with E-state index in [-0.39, 0.29) is 37.8 Å². The van der Waals surface area contributed by atoms with Crippen LogP contribution in [-0.2, 0) is 31.1 Å². The first-order chi connectivity index (χ1) is 17.4. The van der Waals surface area contributed by atoms with Crippen LogP contribution >= 0.6 is 0 Å². The van der Waals surface area contributed by atoms with Gasteiger partial charge in [0.1, 0.15) is 5.75 Å². The molecule has 36 heavy (non-hydrogen) atoms. The average molecular weight is 497 g/mol. The molecule has 2 aromatic carbocycles. The molecule has 1 atom stereocenters. The number of nitrogens with zero attached hydrogens (tertiary/aromatic N) is 2. The molecule has 2 aliphatic heterocycles. The normalized spacial score (nSPS) is 19.9. The summed E-state index contributed by atoms with van der Waals surface area (Å²) in [6.45, 7) is 1.55. The van der Waals surface area contributed by atoms with Crippen LogP contribution < -0.4 is 14.2 Å². The van der Waals surface area contributed by atoms with E-state index in [1.54, 1.807) is 36.3 Å². The van der Waals surface area contributed by atoms with Gasteiger partial charge in [0.25, 0.3) is 0 Å². The van der Waals surface area contributed by atoms with Crippen LogP contribution in [0.4, 0.5) is 0 Å². The lowest BCUT2D eigenvalue weighted by Crippen LogP contribution is -2.44. The predicted octanol–water partition coefficient (Wildman–Crippen LogP) is 2.55. The number of carbonyl (C=O) groups excluding carboxylic acids is 3. The molecular weight excluding hydrogens is 464 g/mol. The number of imide groups is 1. The van der Waals surface area contributed by atoms with E-state index in [2.05, 4.69) is 0 Å². The number of methoxy groups -OCH3 is 3. The van der Waals surface area contributed by atoms with Gasteiger partial charge in [0, 0.05) is 44.2 Å². The van der Waals surface area contributed by atoms with Crippen molar-refractivity contribution in [3.63, 3.8) is 0 Å². The number of ether oxygens (including phenoxy) is 4. The summed E-state index contributed by atoms with van der Waals surface area (Å²) in [6, 6.07) is 12.7. The number of amides is 3. The Kier molecular flexibility index (Phi) is 7.79. The molecule has 2 aliphatic rings. The van der Waals surface area contributed by atoms with Gasteiger partial charge < -0.3 is 23.8 Å². The fourth-order valence-corrected chi connectivity index (χ4v) is 5.00. The molecule has 1 unspecified atom stereocenters. The van der Waals surface area contributed by atoms with Gasteiger partial charge in [0.15, 0.2) is 11.5 Å². The molecule has 3 amide bonds. The van der Waals surface area contributed by atoms with Crippen LogP contribution in [0.15, 0.2) is 42.5 Å². The summed E-state index contributed by atoms with van der Waals surface area (Å²) in [6.07, 6.45) is 0.363. The van der Waals surface area contributed by atoms with Crippen LogP contribution in [0.2, 0.25) is 0 Å². The monoisotopic (exact) mass is 496 g/mol. The Bertz CT molecular complexity index is 1130. The summed E-state index contributed by atoms with van der Waals surface area (Å²) in [5.74, 6) is 0.752. The molecule has 0 bridgehead atoms. The van der Waals surface area contributed by atoms with Crippen molar-refractivity contribution in [2.75, 3.05) is 47.6 Å². The Hall–Kier alpha value is -3.59. The highest BCUT2D eigenvalue weighted by atomic mass is 16.5. The number of likely N-dealkylation sites (tertiary alicyclic amines) is 1. The van der Waals surface area contributed by atoms with Gasteiger partial charge >= 0.3 is 0 Å². The average Bonchev–Trinajstić information content (AvgIpc) is 3.11. The number of fused-ring (bicyclic) bond motifs is 1. The Labute approximate surface area is 210 Å². The van der Waals surface area contributed by atoms with Gasteiger partial charge in [-0.3, -0.25) is 19.3 Å². The molecule has 0 radical (unpaired) electrons. The van der Waals surface area contributed by atoms with Crippen LogP contribution in [0, 0.1) is 0 Å². The zero-order chi connectivity index (χ0) is 25.7. The third kappa shape index (κ3) is 4.75. The van der Waals surface area contributed by atoms with E-state index in [1.165, 1.54) is 19.1 Å². The number of hydrogen-bond donors (Lipinski definition) is 0. The highest BCUT2D eigenvalue weighted by molar-refractivity contribution is 6.11. The second-order valence-electron chi connectivity index (χ2n) is 8.95. The number of carbonyl (C=O) groups is 3. The topological polar surface area (TPSA) is 94.6 Å². The molecule has 9 nitrogen and oxygen atoms in total. The van der Waals surface area contributed by atoms with E-state index >= 15 is 0 Å². The fourth-order valence-electron chi connectivity index (χ4n) is 5.00. The predicted molar refractivity (Wildman–Crippen MR) is 131 cm³/mol. The molecule has 0 saturated carbocycles. The van der Waals surface area contributed by atoms with Crippen molar-refractivity contribution in [3.8, 4) is 17.2 Å². The largest absolute Gasteiger partial charge is 0.496 e. The lowest BCUT2D eigenvalue weighted by molar-refractivity contribution is -0.143. The zero-order valence-corrected chi connectivity index (χ0v) is 21.0. The maximum absolute atomic E-state index is 13.8. The van der Waals surface area contributed by atoms with Crippen LogP contribution in [-0.4, -0.2) is 75.2 Å². The molecule has 2 aromatic rings. The zero-order valence-electron chi connectivity index (χ0n) is 21.0. The third-order valence-electron chi connectivity index (χ3n) is 6.82. The number of hydrogen-bond acceptors (Lipinski definition) is 7. The van der Waals surface area contributed by atoms with E-state index in [4.69, 9.17) is 18.9 Å². The molecule has 0 spiro atoms. The Balaban J connectivity index is 1.69. The minimum atomic E-state index is -1.36. The lowest BCUT2D eigenvalue weighted by Gasteiger charge is -2.32. The first-order valence-electron chi connectivity index (χ1n) is 12.0. The summed E-state index contributed by atoms with van der Waals surface area (Å²) >= 11 is 0. The maximum atomic E-state index is 13.8. The van der Waals surface area contributed by atoms with Crippen molar-refractivity contribution < 1.29 is 33.3 Å². The van der Waals surface area contributed by atoms with Gasteiger partial charge in [-0.05, 0) is 18.6 Å². The summed E-state index contributed by atoms with van der Waals surface area (Å²) in [5, 5.41) is 0. The van der Waals surface area contributed by atoms with Crippen molar-refractivity contribution in [1.82, 2.24) is 9.80 Å². The molecule has 1 saturated heterocycles. The first kappa shape index (κ1) is 25.5. The highest BCUT2D eigenvalue weighted by Gasteiger charge is 2.55. The van der Waals surface area contributed by atoms with Crippen molar-refractivity contribution in [1.29, 1.82) is 0 Å². The van der Waals surface area contributed by atoms with Crippen molar-refractivity contribution in [2.45, 2.75) is 31.2 Å². The van der Waals surface area contributed by atoms with E-state index < -0.39 is 11.3 Å². The Morgan fingerprint density at radius 3 is 2.53 bits per heavy atom. The smallest absolute Gasteiger partial charge is 0.241 e. The second-order valence-corrected chi connectivity index (χ2v) is 8.95. The Morgan fingerprint density at radius 2 is 1.78 bits per heavy atom. The van der Waals surface area contributed by atoms with E-state index in [9.17, 15) is 14.4 Å². The van der Waals surface area contributed by atoms with E-state index in [1.807, 2.05) is 18.2 Å². The van der Waals surface area contributed by atoms with Gasteiger partial charge in [-0.15, -0.1) is 0 Å². The minimum absolute atomic E-state index is 0.108. The molecule has 4 rings (SSSR count). The van der Waals surface area contributed by atoms with Gasteiger partial charge in [0.05, 0.1) is 39.4 Å². The minimum Gasteiger partial charge on any atom is -0.496 e.